The number of nitrogens with one attached hydrogen (secondary N) is 2. The Bertz CT molecular complexity index is 1040. The number of hydrogen-bond acceptors (Lipinski definition) is 1. The molecule has 0 fully saturated rings. The van der Waals surface area contributed by atoms with Crippen molar-refractivity contribution in [2.45, 2.75) is 0 Å². The number of hydrogen-bond donors (Lipinski definition) is 2. The van der Waals surface area contributed by atoms with Gasteiger partial charge in [-0.2, -0.15) is 0 Å². The van der Waals surface area contributed by atoms with Crippen molar-refractivity contribution in [1.82, 2.24) is 4.98 Å². The van der Waals surface area contributed by atoms with Gasteiger partial charge in [-0.1, -0.05) is 52.3 Å². The Morgan fingerprint density at radius 2 is 1.83 bits per heavy atom. The van der Waals surface area contributed by atoms with Crippen molar-refractivity contribution >= 4 is 49.2 Å². The molecule has 0 saturated heterocycles. The number of para-hydroxylation sites is 1. The monoisotopic (exact) mass is 364 g/mol. The van der Waals surface area contributed by atoms with E-state index in [1.54, 1.807) is 6.20 Å². The number of halogens is 1. The van der Waals surface area contributed by atoms with E-state index in [1.165, 1.54) is 0 Å². The Balaban J connectivity index is 1.68. The third kappa shape index (κ3) is 2.51. The SMILES string of the molecule is O=C(Nc1ccc2c(Br)cccc2c1)c1c[nH]c2ccccc12. The number of amides is 1. The molecule has 4 aromatic rings. The van der Waals surface area contributed by atoms with Crippen molar-refractivity contribution in [3.63, 3.8) is 0 Å². The molecule has 0 atom stereocenters. The maximum atomic E-state index is 12.6. The number of rotatable bonds is 2. The molecule has 1 amide bonds. The lowest BCUT2D eigenvalue weighted by molar-refractivity contribution is 0.102. The molecule has 2 N–H and O–H groups in total. The average Bonchev–Trinajstić information content (AvgIpc) is 2.99. The van der Waals surface area contributed by atoms with E-state index in [0.717, 1.165) is 31.8 Å². The van der Waals surface area contributed by atoms with E-state index < -0.39 is 0 Å². The van der Waals surface area contributed by atoms with Gasteiger partial charge in [0.25, 0.3) is 5.91 Å². The van der Waals surface area contributed by atoms with E-state index in [1.807, 2.05) is 60.7 Å². The second kappa shape index (κ2) is 5.56. The van der Waals surface area contributed by atoms with Gasteiger partial charge in [-0.25, -0.2) is 0 Å². The van der Waals surface area contributed by atoms with E-state index in [2.05, 4.69) is 26.2 Å². The first-order valence-electron chi connectivity index (χ1n) is 7.28. The Morgan fingerprint density at radius 1 is 0.957 bits per heavy atom. The zero-order chi connectivity index (χ0) is 15.8. The minimum atomic E-state index is -0.114. The molecule has 0 aliphatic rings. The quantitative estimate of drug-likeness (QED) is 0.495. The number of anilines is 1. The summed E-state index contributed by atoms with van der Waals surface area (Å²) in [6.07, 6.45) is 1.75. The third-order valence-corrected chi connectivity index (χ3v) is 4.61. The molecule has 112 valence electrons. The summed E-state index contributed by atoms with van der Waals surface area (Å²) in [5, 5.41) is 6.10. The predicted molar refractivity (Wildman–Crippen MR) is 97.9 cm³/mol. The number of H-pyrrole nitrogens is 1. The summed E-state index contributed by atoms with van der Waals surface area (Å²) in [6, 6.07) is 19.7. The molecule has 3 nitrogen and oxygen atoms in total. The predicted octanol–water partition coefficient (Wildman–Crippen LogP) is 5.34. The van der Waals surface area contributed by atoms with Crippen LogP contribution in [-0.4, -0.2) is 10.9 Å². The molecule has 4 rings (SSSR count). The maximum Gasteiger partial charge on any atom is 0.257 e. The fourth-order valence-corrected chi connectivity index (χ4v) is 3.29. The Hall–Kier alpha value is -2.59. The fraction of sp³-hybridized carbons (Fsp3) is 0. The average molecular weight is 365 g/mol. The second-order valence-electron chi connectivity index (χ2n) is 5.38. The van der Waals surface area contributed by atoms with Crippen molar-refractivity contribution in [3.05, 3.63) is 76.9 Å². The summed E-state index contributed by atoms with van der Waals surface area (Å²) in [5.74, 6) is -0.114. The van der Waals surface area contributed by atoms with Gasteiger partial charge in [-0.3, -0.25) is 4.79 Å². The van der Waals surface area contributed by atoms with Crippen molar-refractivity contribution < 1.29 is 4.79 Å². The number of carbonyl (C=O) groups is 1. The molecular weight excluding hydrogens is 352 g/mol. The van der Waals surface area contributed by atoms with Gasteiger partial charge in [0.15, 0.2) is 0 Å². The minimum Gasteiger partial charge on any atom is -0.360 e. The molecule has 4 heteroatoms. The number of benzene rings is 3. The van der Waals surface area contributed by atoms with Gasteiger partial charge in [-0.05, 0) is 35.0 Å². The van der Waals surface area contributed by atoms with E-state index in [-0.39, 0.29) is 5.91 Å². The summed E-state index contributed by atoms with van der Waals surface area (Å²) in [7, 11) is 0. The van der Waals surface area contributed by atoms with E-state index >= 15 is 0 Å². The van der Waals surface area contributed by atoms with Crippen LogP contribution in [0.25, 0.3) is 21.7 Å². The molecule has 0 aliphatic carbocycles. The van der Waals surface area contributed by atoms with Crippen molar-refractivity contribution in [2.24, 2.45) is 0 Å². The number of aromatic amines is 1. The first kappa shape index (κ1) is 14.0. The van der Waals surface area contributed by atoms with Gasteiger partial charge in [-0.15, -0.1) is 0 Å². The highest BCUT2D eigenvalue weighted by atomic mass is 79.9. The van der Waals surface area contributed by atoms with Crippen molar-refractivity contribution in [3.8, 4) is 0 Å². The largest absolute Gasteiger partial charge is 0.360 e. The lowest BCUT2D eigenvalue weighted by Crippen LogP contribution is -2.11. The highest BCUT2D eigenvalue weighted by Gasteiger charge is 2.12. The number of fused-ring (bicyclic) bond motifs is 2. The molecular formula is C19H13BrN2O. The van der Waals surface area contributed by atoms with Crippen LogP contribution < -0.4 is 5.32 Å². The molecule has 0 unspecified atom stereocenters. The molecule has 0 bridgehead atoms. The van der Waals surface area contributed by atoms with Crippen LogP contribution in [0, 0.1) is 0 Å². The van der Waals surface area contributed by atoms with Crippen LogP contribution in [0.5, 0.6) is 0 Å². The van der Waals surface area contributed by atoms with Gasteiger partial charge in [0.1, 0.15) is 0 Å². The molecule has 23 heavy (non-hydrogen) atoms. The highest BCUT2D eigenvalue weighted by molar-refractivity contribution is 9.10. The first-order valence-corrected chi connectivity index (χ1v) is 8.07. The molecule has 3 aromatic carbocycles. The van der Waals surface area contributed by atoms with Crippen molar-refractivity contribution in [1.29, 1.82) is 0 Å². The van der Waals surface area contributed by atoms with Crippen LogP contribution in [0.15, 0.2) is 71.3 Å². The molecule has 0 aliphatic heterocycles. The molecule has 0 saturated carbocycles. The summed E-state index contributed by atoms with van der Waals surface area (Å²) in [5.41, 5.74) is 2.39. The lowest BCUT2D eigenvalue weighted by Gasteiger charge is -2.07. The topological polar surface area (TPSA) is 44.9 Å². The van der Waals surface area contributed by atoms with Crippen molar-refractivity contribution in [2.75, 3.05) is 5.32 Å². The Morgan fingerprint density at radius 3 is 2.74 bits per heavy atom. The van der Waals surface area contributed by atoms with Gasteiger partial charge in [0, 0.05) is 27.3 Å². The second-order valence-corrected chi connectivity index (χ2v) is 6.23. The summed E-state index contributed by atoms with van der Waals surface area (Å²) >= 11 is 3.54. The fourth-order valence-electron chi connectivity index (χ4n) is 2.78. The summed E-state index contributed by atoms with van der Waals surface area (Å²) < 4.78 is 1.05. The third-order valence-electron chi connectivity index (χ3n) is 3.92. The van der Waals surface area contributed by atoms with Crippen LogP contribution in [-0.2, 0) is 0 Å². The zero-order valence-corrected chi connectivity index (χ0v) is 13.7. The van der Waals surface area contributed by atoms with Crippen LogP contribution in [0.4, 0.5) is 5.69 Å². The summed E-state index contributed by atoms with van der Waals surface area (Å²) in [4.78, 5) is 15.7. The standard InChI is InChI=1S/C19H13BrN2O/c20-17-6-3-4-12-10-13(8-9-14(12)17)22-19(23)16-11-21-18-7-2-1-5-15(16)18/h1-11,21H,(H,22,23). The Kier molecular flexibility index (Phi) is 3.39. The normalized spacial score (nSPS) is 11.0. The summed E-state index contributed by atoms with van der Waals surface area (Å²) in [6.45, 7) is 0. The van der Waals surface area contributed by atoms with Crippen LogP contribution in [0.2, 0.25) is 0 Å². The molecule has 0 spiro atoms. The molecule has 1 heterocycles. The van der Waals surface area contributed by atoms with E-state index in [9.17, 15) is 4.79 Å². The number of carbonyl (C=O) groups excluding carboxylic acids is 1. The van der Waals surface area contributed by atoms with E-state index in [4.69, 9.17) is 0 Å². The molecule has 0 radical (unpaired) electrons. The van der Waals surface area contributed by atoms with Gasteiger partial charge in [0.2, 0.25) is 0 Å². The smallest absolute Gasteiger partial charge is 0.257 e. The minimum absolute atomic E-state index is 0.114. The maximum absolute atomic E-state index is 12.6. The van der Waals surface area contributed by atoms with Crippen LogP contribution in [0.1, 0.15) is 10.4 Å². The van der Waals surface area contributed by atoms with E-state index in [0.29, 0.717) is 5.56 Å². The van der Waals surface area contributed by atoms with Gasteiger partial charge < -0.3 is 10.3 Å². The van der Waals surface area contributed by atoms with Crippen LogP contribution >= 0.6 is 15.9 Å². The van der Waals surface area contributed by atoms with Gasteiger partial charge >= 0.3 is 0 Å². The highest BCUT2D eigenvalue weighted by Crippen LogP contribution is 2.27. The Labute approximate surface area is 141 Å². The lowest BCUT2D eigenvalue weighted by atomic mass is 10.1. The number of aromatic nitrogens is 1. The van der Waals surface area contributed by atoms with Gasteiger partial charge in [0.05, 0.1) is 5.56 Å². The zero-order valence-electron chi connectivity index (χ0n) is 12.1. The first-order chi connectivity index (χ1) is 11.2. The molecule has 1 aromatic heterocycles. The van der Waals surface area contributed by atoms with Crippen LogP contribution in [0.3, 0.4) is 0 Å².